The molecule has 1 aromatic carbocycles. The van der Waals surface area contributed by atoms with Crippen LogP contribution in [0.1, 0.15) is 31.2 Å². The van der Waals surface area contributed by atoms with Crippen molar-refractivity contribution in [1.82, 2.24) is 10.2 Å². The molecule has 112 valence electrons. The summed E-state index contributed by atoms with van der Waals surface area (Å²) in [5.74, 6) is -0.993. The summed E-state index contributed by atoms with van der Waals surface area (Å²) in [6.45, 7) is 2.93. The lowest BCUT2D eigenvalue weighted by Gasteiger charge is -2.32. The van der Waals surface area contributed by atoms with Crippen LogP contribution in [0.2, 0.25) is 0 Å². The summed E-state index contributed by atoms with van der Waals surface area (Å²) in [6.07, 6.45) is 5.74. The highest BCUT2D eigenvalue weighted by Crippen LogP contribution is 2.17. The minimum Gasteiger partial charge on any atom is -0.316 e. The Morgan fingerprint density at radius 2 is 1.90 bits per heavy atom. The van der Waals surface area contributed by atoms with Gasteiger partial charge in [0.1, 0.15) is 11.6 Å². The van der Waals surface area contributed by atoms with Gasteiger partial charge in [-0.1, -0.05) is 6.42 Å². The number of rotatable bonds is 6. The fourth-order valence-electron chi connectivity index (χ4n) is 2.89. The topological polar surface area (TPSA) is 15.3 Å². The van der Waals surface area contributed by atoms with Crippen molar-refractivity contribution in [3.63, 3.8) is 0 Å². The highest BCUT2D eigenvalue weighted by molar-refractivity contribution is 5.18. The van der Waals surface area contributed by atoms with Gasteiger partial charge in [0.25, 0.3) is 0 Å². The minimum absolute atomic E-state index is 0.496. The molecule has 4 heteroatoms. The molecule has 1 aliphatic heterocycles. The largest absolute Gasteiger partial charge is 0.316 e. The molecule has 1 aliphatic rings. The smallest absolute Gasteiger partial charge is 0.126 e. The van der Waals surface area contributed by atoms with E-state index in [1.165, 1.54) is 37.9 Å². The van der Waals surface area contributed by atoms with Gasteiger partial charge in [0.15, 0.2) is 0 Å². The first kappa shape index (κ1) is 15.4. The molecular weight excluding hydrogens is 258 g/mol. The van der Waals surface area contributed by atoms with Gasteiger partial charge in [-0.2, -0.15) is 0 Å². The van der Waals surface area contributed by atoms with Crippen LogP contribution < -0.4 is 5.32 Å². The zero-order chi connectivity index (χ0) is 14.4. The maximum absolute atomic E-state index is 13.0. The number of benzene rings is 1. The normalized spacial score (nSPS) is 20.2. The fourth-order valence-corrected chi connectivity index (χ4v) is 2.89. The summed E-state index contributed by atoms with van der Waals surface area (Å²) < 4.78 is 26.0. The van der Waals surface area contributed by atoms with E-state index < -0.39 is 11.6 Å². The van der Waals surface area contributed by atoms with Crippen molar-refractivity contribution in [2.24, 2.45) is 0 Å². The molecule has 2 nitrogen and oxygen atoms in total. The Bertz CT molecular complexity index is 403. The van der Waals surface area contributed by atoms with Crippen LogP contribution >= 0.6 is 0 Å². The number of hydrogen-bond acceptors (Lipinski definition) is 2. The Morgan fingerprint density at radius 3 is 2.60 bits per heavy atom. The van der Waals surface area contributed by atoms with Crippen molar-refractivity contribution in [2.45, 2.75) is 38.1 Å². The molecule has 0 spiro atoms. The lowest BCUT2D eigenvalue weighted by atomic mass is 10.0. The lowest BCUT2D eigenvalue weighted by Crippen LogP contribution is -2.38. The number of nitrogens with one attached hydrogen (secondary N) is 1. The third kappa shape index (κ3) is 4.84. The fraction of sp³-hybridized carbons (Fsp3) is 0.625. The Morgan fingerprint density at radius 1 is 1.15 bits per heavy atom. The van der Waals surface area contributed by atoms with E-state index >= 15 is 0 Å². The number of piperidine rings is 1. The summed E-state index contributed by atoms with van der Waals surface area (Å²) in [7, 11) is 2.19. The highest BCUT2D eigenvalue weighted by Gasteiger charge is 2.17. The zero-order valence-electron chi connectivity index (χ0n) is 12.2. The molecule has 2 rings (SSSR count). The first-order chi connectivity index (χ1) is 9.65. The van der Waals surface area contributed by atoms with Crippen molar-refractivity contribution < 1.29 is 8.78 Å². The molecule has 20 heavy (non-hydrogen) atoms. The van der Waals surface area contributed by atoms with Crippen LogP contribution in [-0.4, -0.2) is 37.6 Å². The zero-order valence-corrected chi connectivity index (χ0v) is 12.2. The van der Waals surface area contributed by atoms with Crippen molar-refractivity contribution >= 4 is 0 Å². The minimum atomic E-state index is -0.496. The first-order valence-electron chi connectivity index (χ1n) is 7.51. The Labute approximate surface area is 120 Å². The monoisotopic (exact) mass is 282 g/mol. The SMILES string of the molecule is CN1CCCCC1CCNCCc1cc(F)cc(F)c1. The van der Waals surface area contributed by atoms with Gasteiger partial charge in [0.2, 0.25) is 0 Å². The van der Waals surface area contributed by atoms with Crippen LogP contribution in [0, 0.1) is 11.6 Å². The maximum atomic E-state index is 13.0. The van der Waals surface area contributed by atoms with E-state index in [1.807, 2.05) is 0 Å². The summed E-state index contributed by atoms with van der Waals surface area (Å²) in [6, 6.07) is 4.40. The molecule has 1 N–H and O–H groups in total. The van der Waals surface area contributed by atoms with E-state index in [2.05, 4.69) is 17.3 Å². The van der Waals surface area contributed by atoms with E-state index in [9.17, 15) is 8.78 Å². The first-order valence-corrected chi connectivity index (χ1v) is 7.51. The maximum Gasteiger partial charge on any atom is 0.126 e. The van der Waals surface area contributed by atoms with Crippen LogP contribution in [0.25, 0.3) is 0 Å². The summed E-state index contributed by atoms with van der Waals surface area (Å²) in [4.78, 5) is 2.44. The third-order valence-corrected chi connectivity index (χ3v) is 4.09. The van der Waals surface area contributed by atoms with Crippen molar-refractivity contribution in [3.05, 3.63) is 35.4 Å². The van der Waals surface area contributed by atoms with Crippen LogP contribution in [0.4, 0.5) is 8.78 Å². The molecule has 1 atom stereocenters. The van der Waals surface area contributed by atoms with Gasteiger partial charge >= 0.3 is 0 Å². The van der Waals surface area contributed by atoms with E-state index in [4.69, 9.17) is 0 Å². The second kappa shape index (κ2) is 7.70. The molecule has 0 aliphatic carbocycles. The molecule has 0 aromatic heterocycles. The van der Waals surface area contributed by atoms with Crippen molar-refractivity contribution in [3.8, 4) is 0 Å². The van der Waals surface area contributed by atoms with E-state index in [1.54, 1.807) is 0 Å². The quantitative estimate of drug-likeness (QED) is 0.807. The van der Waals surface area contributed by atoms with Crippen LogP contribution in [0.3, 0.4) is 0 Å². The number of likely N-dealkylation sites (tertiary alicyclic amines) is 1. The number of hydrogen-bond donors (Lipinski definition) is 1. The summed E-state index contributed by atoms with van der Waals surface area (Å²) >= 11 is 0. The third-order valence-electron chi connectivity index (χ3n) is 4.09. The van der Waals surface area contributed by atoms with E-state index in [0.29, 0.717) is 18.0 Å². The second-order valence-electron chi connectivity index (χ2n) is 5.70. The van der Waals surface area contributed by atoms with Gasteiger partial charge in [0, 0.05) is 12.1 Å². The van der Waals surface area contributed by atoms with Gasteiger partial charge in [-0.15, -0.1) is 0 Å². The van der Waals surface area contributed by atoms with E-state index in [-0.39, 0.29) is 0 Å². The van der Waals surface area contributed by atoms with Gasteiger partial charge in [-0.25, -0.2) is 8.78 Å². The average molecular weight is 282 g/mol. The van der Waals surface area contributed by atoms with Crippen LogP contribution in [0.15, 0.2) is 18.2 Å². The Hall–Kier alpha value is -1.00. The molecule has 0 radical (unpaired) electrons. The lowest BCUT2D eigenvalue weighted by molar-refractivity contribution is 0.175. The molecule has 1 heterocycles. The number of nitrogens with zero attached hydrogens (tertiary/aromatic N) is 1. The van der Waals surface area contributed by atoms with Crippen molar-refractivity contribution in [2.75, 3.05) is 26.7 Å². The van der Waals surface area contributed by atoms with Gasteiger partial charge in [-0.3, -0.25) is 0 Å². The predicted molar refractivity (Wildman–Crippen MR) is 77.8 cm³/mol. The summed E-state index contributed by atoms with van der Waals surface area (Å²) in [5, 5.41) is 3.37. The average Bonchev–Trinajstić information content (AvgIpc) is 2.39. The molecule has 1 saturated heterocycles. The molecule has 1 unspecified atom stereocenters. The number of halogens is 2. The summed E-state index contributed by atoms with van der Waals surface area (Å²) in [5.41, 5.74) is 0.713. The molecule has 0 bridgehead atoms. The standard InChI is InChI=1S/C16H24F2N2/c1-20-9-3-2-4-16(20)6-8-19-7-5-13-10-14(17)12-15(18)11-13/h10-12,16,19H,2-9H2,1H3. The van der Waals surface area contributed by atoms with Gasteiger partial charge in [-0.05, 0) is 70.1 Å². The van der Waals surface area contributed by atoms with Crippen LogP contribution in [-0.2, 0) is 6.42 Å². The molecular formula is C16H24F2N2. The van der Waals surface area contributed by atoms with Gasteiger partial charge in [0.05, 0.1) is 0 Å². The Kier molecular flexibility index (Phi) is 5.92. The van der Waals surface area contributed by atoms with Gasteiger partial charge < -0.3 is 10.2 Å². The molecule has 1 fully saturated rings. The predicted octanol–water partition coefficient (Wildman–Crippen LogP) is 2.97. The highest BCUT2D eigenvalue weighted by atomic mass is 19.1. The van der Waals surface area contributed by atoms with Crippen molar-refractivity contribution in [1.29, 1.82) is 0 Å². The molecule has 0 saturated carbocycles. The molecule has 0 amide bonds. The second-order valence-corrected chi connectivity index (χ2v) is 5.70. The molecule has 1 aromatic rings. The van der Waals surface area contributed by atoms with E-state index in [0.717, 1.165) is 25.6 Å². The Balaban J connectivity index is 1.63. The van der Waals surface area contributed by atoms with Crippen LogP contribution in [0.5, 0.6) is 0 Å².